The Kier molecular flexibility index (Phi) is 7.80. The number of rotatable bonds is 7. The highest BCUT2D eigenvalue weighted by Crippen LogP contribution is 2.29. The van der Waals surface area contributed by atoms with Crippen LogP contribution in [0.2, 0.25) is 0 Å². The van der Waals surface area contributed by atoms with Gasteiger partial charge in [0, 0.05) is 48.4 Å². The molecule has 0 spiro atoms. The van der Waals surface area contributed by atoms with Crippen LogP contribution < -0.4 is 0 Å². The number of hydrogen-bond acceptors (Lipinski definition) is 3. The van der Waals surface area contributed by atoms with E-state index in [1.54, 1.807) is 29.5 Å². The smallest absolute Gasteiger partial charge is 0.246 e. The van der Waals surface area contributed by atoms with Crippen LogP contribution in [0.25, 0.3) is 16.5 Å². The molecule has 2 heterocycles. The summed E-state index contributed by atoms with van der Waals surface area (Å²) < 4.78 is 13.1. The number of likely N-dealkylation sites (tertiary alicyclic amines) is 1. The number of carbonyl (C=O) groups is 2. The van der Waals surface area contributed by atoms with Gasteiger partial charge in [-0.25, -0.2) is 4.39 Å². The molecule has 1 fully saturated rings. The lowest BCUT2D eigenvalue weighted by Gasteiger charge is -2.32. The summed E-state index contributed by atoms with van der Waals surface area (Å²) in [5.41, 5.74) is 0.961. The van der Waals surface area contributed by atoms with Crippen LogP contribution in [-0.4, -0.2) is 48.3 Å². The van der Waals surface area contributed by atoms with Gasteiger partial charge < -0.3 is 9.80 Å². The van der Waals surface area contributed by atoms with Gasteiger partial charge >= 0.3 is 0 Å². The van der Waals surface area contributed by atoms with Crippen molar-refractivity contribution in [3.8, 4) is 10.4 Å². The van der Waals surface area contributed by atoms with Gasteiger partial charge in [0.25, 0.3) is 0 Å². The molecular weight excluding hydrogens is 399 g/mol. The maximum absolute atomic E-state index is 13.1. The Balaban J connectivity index is 1.51. The van der Waals surface area contributed by atoms with Crippen LogP contribution >= 0.6 is 11.3 Å². The van der Waals surface area contributed by atoms with Crippen LogP contribution in [0.15, 0.2) is 42.5 Å². The van der Waals surface area contributed by atoms with Gasteiger partial charge in [-0.3, -0.25) is 9.59 Å². The minimum Gasteiger partial charge on any atom is -0.346 e. The van der Waals surface area contributed by atoms with Crippen molar-refractivity contribution in [3.63, 3.8) is 0 Å². The second kappa shape index (κ2) is 10.5. The first-order valence-corrected chi connectivity index (χ1v) is 11.4. The van der Waals surface area contributed by atoms with Crippen molar-refractivity contribution in [1.29, 1.82) is 0 Å². The fourth-order valence-electron chi connectivity index (χ4n) is 3.63. The summed E-state index contributed by atoms with van der Waals surface area (Å²) in [6, 6.07) is 10.3. The van der Waals surface area contributed by atoms with Gasteiger partial charge in [-0.15, -0.1) is 11.3 Å². The Bertz CT molecular complexity index is 883. The minimum atomic E-state index is -0.251. The third kappa shape index (κ3) is 5.79. The number of piperidine rings is 1. The first-order valence-electron chi connectivity index (χ1n) is 10.6. The van der Waals surface area contributed by atoms with Crippen molar-refractivity contribution in [2.45, 2.75) is 32.6 Å². The Morgan fingerprint density at radius 3 is 2.53 bits per heavy atom. The molecule has 30 heavy (non-hydrogen) atoms. The van der Waals surface area contributed by atoms with Crippen LogP contribution in [0.5, 0.6) is 0 Å². The summed E-state index contributed by atoms with van der Waals surface area (Å²) in [5, 5.41) is 0. The fourth-order valence-corrected chi connectivity index (χ4v) is 4.55. The van der Waals surface area contributed by atoms with Crippen molar-refractivity contribution in [2.24, 2.45) is 5.92 Å². The van der Waals surface area contributed by atoms with Gasteiger partial charge in [-0.05, 0) is 55.2 Å². The SMILES string of the molecule is CCCCN(C)C(=O)C1CCN(C(=O)/C=C/c2ccc(-c3ccc(F)cc3)s2)CC1. The standard InChI is InChI=1S/C24H29FN2O2S/c1-3-4-15-26(2)24(29)19-13-16-27(17-14-19)23(28)12-10-21-9-11-22(30-21)18-5-7-20(25)8-6-18/h5-12,19H,3-4,13-17H2,1-2H3/b12-10+. The zero-order valence-corrected chi connectivity index (χ0v) is 18.5. The van der Waals surface area contributed by atoms with E-state index < -0.39 is 0 Å². The van der Waals surface area contributed by atoms with Crippen LogP contribution in [-0.2, 0) is 9.59 Å². The molecule has 1 aliphatic heterocycles. The Morgan fingerprint density at radius 1 is 1.17 bits per heavy atom. The lowest BCUT2D eigenvalue weighted by Crippen LogP contribution is -2.43. The van der Waals surface area contributed by atoms with Crippen LogP contribution in [0.1, 0.15) is 37.5 Å². The summed E-state index contributed by atoms with van der Waals surface area (Å²) in [4.78, 5) is 30.7. The van der Waals surface area contributed by atoms with Gasteiger partial charge in [-0.1, -0.05) is 25.5 Å². The average Bonchev–Trinajstić information content (AvgIpc) is 3.25. The molecule has 3 rings (SSSR count). The van der Waals surface area contributed by atoms with E-state index in [1.807, 2.05) is 35.1 Å². The third-order valence-electron chi connectivity index (χ3n) is 5.52. The number of halogens is 1. The molecule has 0 bridgehead atoms. The molecule has 0 unspecified atom stereocenters. The molecule has 2 aromatic rings. The largest absolute Gasteiger partial charge is 0.346 e. The average molecular weight is 429 g/mol. The number of nitrogens with zero attached hydrogens (tertiary/aromatic N) is 2. The van der Waals surface area contributed by atoms with E-state index in [9.17, 15) is 14.0 Å². The monoisotopic (exact) mass is 428 g/mol. The normalized spacial score (nSPS) is 15.0. The molecule has 160 valence electrons. The predicted octanol–water partition coefficient (Wildman–Crippen LogP) is 5.06. The topological polar surface area (TPSA) is 40.6 Å². The summed E-state index contributed by atoms with van der Waals surface area (Å²) in [7, 11) is 1.87. The molecule has 0 N–H and O–H groups in total. The van der Waals surface area contributed by atoms with Crippen molar-refractivity contribution >= 4 is 29.2 Å². The predicted molar refractivity (Wildman–Crippen MR) is 121 cm³/mol. The second-order valence-corrected chi connectivity index (χ2v) is 8.87. The second-order valence-electron chi connectivity index (χ2n) is 7.76. The van der Waals surface area contributed by atoms with E-state index in [-0.39, 0.29) is 23.5 Å². The molecule has 6 heteroatoms. The fraction of sp³-hybridized carbons (Fsp3) is 0.417. The summed E-state index contributed by atoms with van der Waals surface area (Å²) in [6.45, 7) is 4.16. The maximum atomic E-state index is 13.1. The number of carbonyl (C=O) groups excluding carboxylic acids is 2. The minimum absolute atomic E-state index is 0.0167. The van der Waals surface area contributed by atoms with Crippen molar-refractivity contribution in [3.05, 3.63) is 53.2 Å². The molecule has 1 aliphatic rings. The maximum Gasteiger partial charge on any atom is 0.246 e. The Labute approximate surface area is 182 Å². The number of hydrogen-bond donors (Lipinski definition) is 0. The highest BCUT2D eigenvalue weighted by molar-refractivity contribution is 7.16. The Hall–Kier alpha value is -2.47. The van der Waals surface area contributed by atoms with Crippen LogP contribution in [0.3, 0.4) is 0 Å². The number of unbranched alkanes of at least 4 members (excludes halogenated alkanes) is 1. The van der Waals surface area contributed by atoms with E-state index >= 15 is 0 Å². The summed E-state index contributed by atoms with van der Waals surface area (Å²) >= 11 is 1.56. The van der Waals surface area contributed by atoms with Gasteiger partial charge in [-0.2, -0.15) is 0 Å². The molecule has 1 aromatic heterocycles. The number of thiophene rings is 1. The van der Waals surface area contributed by atoms with Gasteiger partial charge in [0.2, 0.25) is 11.8 Å². The lowest BCUT2D eigenvalue weighted by atomic mass is 9.95. The number of benzene rings is 1. The van der Waals surface area contributed by atoms with E-state index in [0.29, 0.717) is 13.1 Å². The quantitative estimate of drug-likeness (QED) is 0.578. The van der Waals surface area contributed by atoms with Crippen molar-refractivity contribution in [2.75, 3.05) is 26.7 Å². The van der Waals surface area contributed by atoms with Crippen molar-refractivity contribution in [1.82, 2.24) is 9.80 Å². The van der Waals surface area contributed by atoms with Crippen LogP contribution in [0.4, 0.5) is 4.39 Å². The van der Waals surface area contributed by atoms with E-state index in [4.69, 9.17) is 0 Å². The molecule has 1 aromatic carbocycles. The van der Waals surface area contributed by atoms with E-state index in [0.717, 1.165) is 47.5 Å². The molecule has 1 saturated heterocycles. The molecule has 0 atom stereocenters. The highest BCUT2D eigenvalue weighted by atomic mass is 32.1. The highest BCUT2D eigenvalue weighted by Gasteiger charge is 2.28. The molecule has 0 radical (unpaired) electrons. The zero-order chi connectivity index (χ0) is 21.5. The first-order chi connectivity index (χ1) is 14.5. The number of amides is 2. The molecule has 2 amide bonds. The van der Waals surface area contributed by atoms with Gasteiger partial charge in [0.05, 0.1) is 0 Å². The van der Waals surface area contributed by atoms with Crippen LogP contribution in [0, 0.1) is 11.7 Å². The first kappa shape index (κ1) is 22.2. The molecular formula is C24H29FN2O2S. The van der Waals surface area contributed by atoms with Gasteiger partial charge in [0.15, 0.2) is 0 Å². The summed E-state index contributed by atoms with van der Waals surface area (Å²) in [6.07, 6.45) is 6.99. The molecule has 0 saturated carbocycles. The summed E-state index contributed by atoms with van der Waals surface area (Å²) in [5.74, 6) is -0.0375. The lowest BCUT2D eigenvalue weighted by molar-refractivity contribution is -0.138. The zero-order valence-electron chi connectivity index (χ0n) is 17.6. The van der Waals surface area contributed by atoms with Gasteiger partial charge in [0.1, 0.15) is 5.82 Å². The molecule has 0 aliphatic carbocycles. The molecule has 4 nitrogen and oxygen atoms in total. The Morgan fingerprint density at radius 2 is 1.87 bits per heavy atom. The van der Waals surface area contributed by atoms with E-state index in [2.05, 4.69) is 6.92 Å². The van der Waals surface area contributed by atoms with E-state index in [1.165, 1.54) is 12.1 Å². The van der Waals surface area contributed by atoms with Crippen molar-refractivity contribution < 1.29 is 14.0 Å². The third-order valence-corrected chi connectivity index (χ3v) is 6.62.